The van der Waals surface area contributed by atoms with E-state index in [1.165, 1.54) is 11.3 Å². The standard InChI is InChI=1S/C21H24N4O2S/c1-28(26,27)24-18-9-7-16(8-10-18)15-25-20-12-14-22-13-11-19(20)21(23-25)17-5-3-2-4-6-17/h2-10,22,24H,11-15H2,1H3. The van der Waals surface area contributed by atoms with E-state index in [0.717, 1.165) is 49.0 Å². The highest BCUT2D eigenvalue weighted by molar-refractivity contribution is 7.92. The molecular weight excluding hydrogens is 372 g/mol. The van der Waals surface area contributed by atoms with Gasteiger partial charge in [0.2, 0.25) is 10.0 Å². The molecule has 1 aliphatic heterocycles. The van der Waals surface area contributed by atoms with Crippen molar-refractivity contribution < 1.29 is 8.42 Å². The zero-order chi connectivity index (χ0) is 19.6. The van der Waals surface area contributed by atoms with Crippen LogP contribution in [-0.2, 0) is 29.4 Å². The number of nitrogens with one attached hydrogen (secondary N) is 2. The normalized spacial score (nSPS) is 14.3. The maximum atomic E-state index is 11.4. The van der Waals surface area contributed by atoms with Gasteiger partial charge >= 0.3 is 0 Å². The Morgan fingerprint density at radius 3 is 2.46 bits per heavy atom. The molecule has 0 amide bonds. The molecule has 0 spiro atoms. The Hall–Kier alpha value is -2.64. The van der Waals surface area contributed by atoms with Crippen molar-refractivity contribution in [3.05, 3.63) is 71.4 Å². The van der Waals surface area contributed by atoms with Crippen LogP contribution in [0.2, 0.25) is 0 Å². The summed E-state index contributed by atoms with van der Waals surface area (Å²) in [4.78, 5) is 0. The van der Waals surface area contributed by atoms with E-state index in [1.54, 1.807) is 12.1 Å². The molecule has 0 saturated carbocycles. The molecule has 0 bridgehead atoms. The Balaban J connectivity index is 1.65. The Morgan fingerprint density at radius 1 is 1.04 bits per heavy atom. The largest absolute Gasteiger partial charge is 0.316 e. The van der Waals surface area contributed by atoms with Crippen LogP contribution in [0.1, 0.15) is 16.8 Å². The SMILES string of the molecule is CS(=O)(=O)Nc1ccc(Cn2nc(-c3ccccc3)c3c2CCNCC3)cc1. The van der Waals surface area contributed by atoms with Crippen molar-refractivity contribution in [2.75, 3.05) is 24.1 Å². The molecule has 0 radical (unpaired) electrons. The van der Waals surface area contributed by atoms with Crippen molar-refractivity contribution in [3.63, 3.8) is 0 Å². The Kier molecular flexibility index (Phi) is 5.19. The van der Waals surface area contributed by atoms with E-state index < -0.39 is 10.0 Å². The summed E-state index contributed by atoms with van der Waals surface area (Å²) in [7, 11) is -3.27. The third kappa shape index (κ3) is 4.26. The van der Waals surface area contributed by atoms with Crippen LogP contribution >= 0.6 is 0 Å². The predicted octanol–water partition coefficient (Wildman–Crippen LogP) is 2.66. The Labute approximate surface area is 165 Å². The molecule has 7 heteroatoms. The Bertz CT molecular complexity index is 1060. The number of sulfonamides is 1. The molecule has 1 aliphatic rings. The minimum absolute atomic E-state index is 0.569. The predicted molar refractivity (Wildman–Crippen MR) is 112 cm³/mol. The van der Waals surface area contributed by atoms with E-state index in [4.69, 9.17) is 5.10 Å². The second-order valence-corrected chi connectivity index (χ2v) is 8.87. The number of rotatable bonds is 5. The lowest BCUT2D eigenvalue weighted by atomic mass is 10.0. The van der Waals surface area contributed by atoms with Gasteiger partial charge in [0, 0.05) is 35.5 Å². The van der Waals surface area contributed by atoms with Crippen molar-refractivity contribution >= 4 is 15.7 Å². The van der Waals surface area contributed by atoms with Gasteiger partial charge in [-0.15, -0.1) is 0 Å². The zero-order valence-electron chi connectivity index (χ0n) is 15.9. The van der Waals surface area contributed by atoms with Gasteiger partial charge in [-0.05, 0) is 30.7 Å². The minimum atomic E-state index is -3.27. The number of benzene rings is 2. The number of nitrogens with zero attached hydrogens (tertiary/aromatic N) is 2. The van der Waals surface area contributed by atoms with Gasteiger partial charge in [0.15, 0.2) is 0 Å². The molecule has 0 unspecified atom stereocenters. The van der Waals surface area contributed by atoms with Crippen molar-refractivity contribution in [1.29, 1.82) is 0 Å². The number of fused-ring (bicyclic) bond motifs is 1. The van der Waals surface area contributed by atoms with Gasteiger partial charge in [-0.3, -0.25) is 9.40 Å². The summed E-state index contributed by atoms with van der Waals surface area (Å²) in [5, 5.41) is 8.43. The van der Waals surface area contributed by atoms with Gasteiger partial charge in [-0.1, -0.05) is 42.5 Å². The van der Waals surface area contributed by atoms with Crippen molar-refractivity contribution in [2.24, 2.45) is 0 Å². The monoisotopic (exact) mass is 396 g/mol. The summed E-state index contributed by atoms with van der Waals surface area (Å²) in [6, 6.07) is 17.8. The smallest absolute Gasteiger partial charge is 0.229 e. The molecule has 2 heterocycles. The second kappa shape index (κ2) is 7.77. The molecule has 0 aliphatic carbocycles. The fourth-order valence-electron chi connectivity index (χ4n) is 3.65. The van der Waals surface area contributed by atoms with Crippen LogP contribution in [-0.4, -0.2) is 37.5 Å². The molecule has 4 rings (SSSR count). The van der Waals surface area contributed by atoms with E-state index in [-0.39, 0.29) is 0 Å². The van der Waals surface area contributed by atoms with E-state index in [9.17, 15) is 8.42 Å². The van der Waals surface area contributed by atoms with E-state index >= 15 is 0 Å². The molecule has 0 saturated heterocycles. The van der Waals surface area contributed by atoms with E-state index in [0.29, 0.717) is 12.2 Å². The van der Waals surface area contributed by atoms with Crippen LogP contribution in [0.4, 0.5) is 5.69 Å². The molecule has 3 aromatic rings. The van der Waals surface area contributed by atoms with Crippen LogP contribution in [0.5, 0.6) is 0 Å². The van der Waals surface area contributed by atoms with Crippen molar-refractivity contribution in [1.82, 2.24) is 15.1 Å². The van der Waals surface area contributed by atoms with Gasteiger partial charge in [-0.2, -0.15) is 5.10 Å². The molecule has 6 nitrogen and oxygen atoms in total. The first-order chi connectivity index (χ1) is 13.5. The van der Waals surface area contributed by atoms with Crippen LogP contribution in [0, 0.1) is 0 Å². The average Bonchev–Trinajstić information content (AvgIpc) is 2.84. The molecule has 1 aromatic heterocycles. The molecule has 146 valence electrons. The van der Waals surface area contributed by atoms with Gasteiger partial charge < -0.3 is 5.32 Å². The summed E-state index contributed by atoms with van der Waals surface area (Å²) in [6.07, 6.45) is 3.07. The average molecular weight is 397 g/mol. The first-order valence-electron chi connectivity index (χ1n) is 9.41. The number of anilines is 1. The maximum Gasteiger partial charge on any atom is 0.229 e. The first kappa shape index (κ1) is 18.7. The summed E-state index contributed by atoms with van der Waals surface area (Å²) >= 11 is 0. The van der Waals surface area contributed by atoms with Gasteiger partial charge in [0.25, 0.3) is 0 Å². The highest BCUT2D eigenvalue weighted by Gasteiger charge is 2.20. The molecule has 28 heavy (non-hydrogen) atoms. The topological polar surface area (TPSA) is 76.0 Å². The summed E-state index contributed by atoms with van der Waals surface area (Å²) in [5.41, 5.74) is 6.47. The van der Waals surface area contributed by atoms with Gasteiger partial charge in [0.05, 0.1) is 18.5 Å². The molecule has 2 N–H and O–H groups in total. The first-order valence-corrected chi connectivity index (χ1v) is 11.3. The second-order valence-electron chi connectivity index (χ2n) is 7.12. The number of hydrogen-bond donors (Lipinski definition) is 2. The van der Waals surface area contributed by atoms with Crippen LogP contribution in [0.3, 0.4) is 0 Å². The van der Waals surface area contributed by atoms with E-state index in [1.807, 2.05) is 30.3 Å². The maximum absolute atomic E-state index is 11.4. The minimum Gasteiger partial charge on any atom is -0.316 e. The third-order valence-corrected chi connectivity index (χ3v) is 5.50. The number of hydrogen-bond acceptors (Lipinski definition) is 4. The van der Waals surface area contributed by atoms with Crippen molar-refractivity contribution in [3.8, 4) is 11.3 Å². The highest BCUT2D eigenvalue weighted by Crippen LogP contribution is 2.28. The summed E-state index contributed by atoms with van der Waals surface area (Å²) in [5.74, 6) is 0. The molecule has 0 fully saturated rings. The van der Waals surface area contributed by atoms with Gasteiger partial charge in [0.1, 0.15) is 0 Å². The fraction of sp³-hybridized carbons (Fsp3) is 0.286. The quantitative estimate of drug-likeness (QED) is 0.695. The van der Waals surface area contributed by atoms with Crippen LogP contribution in [0.15, 0.2) is 54.6 Å². The molecular formula is C21H24N4O2S. The lowest BCUT2D eigenvalue weighted by molar-refractivity contribution is 0.607. The highest BCUT2D eigenvalue weighted by atomic mass is 32.2. The summed E-state index contributed by atoms with van der Waals surface area (Å²) < 4.78 is 27.4. The van der Waals surface area contributed by atoms with Gasteiger partial charge in [-0.25, -0.2) is 8.42 Å². The third-order valence-electron chi connectivity index (χ3n) is 4.89. The summed E-state index contributed by atoms with van der Waals surface area (Å²) in [6.45, 7) is 2.57. The zero-order valence-corrected chi connectivity index (χ0v) is 16.7. The van der Waals surface area contributed by atoms with E-state index in [2.05, 4.69) is 26.9 Å². The molecule has 0 atom stereocenters. The Morgan fingerprint density at radius 2 is 1.75 bits per heavy atom. The lowest BCUT2D eigenvalue weighted by Crippen LogP contribution is -2.17. The van der Waals surface area contributed by atoms with Crippen molar-refractivity contribution in [2.45, 2.75) is 19.4 Å². The molecule has 2 aromatic carbocycles. The lowest BCUT2D eigenvalue weighted by Gasteiger charge is -2.09. The number of aromatic nitrogens is 2. The fourth-order valence-corrected chi connectivity index (χ4v) is 4.21. The van der Waals surface area contributed by atoms with Crippen LogP contribution < -0.4 is 10.0 Å². The van der Waals surface area contributed by atoms with Crippen LogP contribution in [0.25, 0.3) is 11.3 Å².